The Balaban J connectivity index is 2.87. The quantitative estimate of drug-likeness (QED) is 0.937. The number of hydrogen-bond donors (Lipinski definition) is 1. The third-order valence-electron chi connectivity index (χ3n) is 3.11. The van der Waals surface area contributed by atoms with Crippen LogP contribution >= 0.6 is 23.2 Å². The van der Waals surface area contributed by atoms with Gasteiger partial charge in [0.05, 0.1) is 21.9 Å². The van der Waals surface area contributed by atoms with Gasteiger partial charge in [-0.1, -0.05) is 23.2 Å². The van der Waals surface area contributed by atoms with Crippen LogP contribution in [0.3, 0.4) is 0 Å². The van der Waals surface area contributed by atoms with E-state index in [1.165, 1.54) is 0 Å². The number of nitrogens with zero attached hydrogens (tertiary/aromatic N) is 2. The second-order valence-corrected chi connectivity index (χ2v) is 5.58. The second kappa shape index (κ2) is 5.53. The first-order valence-electron chi connectivity index (χ1n) is 6.06. The molecule has 1 heterocycles. The van der Waals surface area contributed by atoms with E-state index >= 15 is 0 Å². The van der Waals surface area contributed by atoms with E-state index in [0.717, 1.165) is 27.8 Å². The van der Waals surface area contributed by atoms with Gasteiger partial charge in [-0.15, -0.1) is 0 Å². The highest BCUT2D eigenvalue weighted by atomic mass is 35.5. The highest BCUT2D eigenvalue weighted by Crippen LogP contribution is 2.36. The number of rotatable bonds is 3. The van der Waals surface area contributed by atoms with Crippen molar-refractivity contribution in [2.24, 2.45) is 0 Å². The van der Waals surface area contributed by atoms with Crippen LogP contribution < -0.4 is 10.2 Å². The van der Waals surface area contributed by atoms with Crippen LogP contribution in [0.4, 0.5) is 5.69 Å². The molecule has 0 fully saturated rings. The molecule has 0 aliphatic carbocycles. The minimum Gasteiger partial charge on any atom is -0.377 e. The number of benzene rings is 1. The van der Waals surface area contributed by atoms with E-state index in [9.17, 15) is 0 Å². The van der Waals surface area contributed by atoms with E-state index in [1.807, 2.05) is 27.2 Å². The lowest BCUT2D eigenvalue weighted by Crippen LogP contribution is -2.16. The second-order valence-electron chi connectivity index (χ2n) is 4.74. The lowest BCUT2D eigenvalue weighted by atomic mass is 10.1. The summed E-state index contributed by atoms with van der Waals surface area (Å²) >= 11 is 12.4. The fraction of sp³-hybridized carbons (Fsp3) is 0.357. The van der Waals surface area contributed by atoms with Crippen molar-refractivity contribution in [3.63, 3.8) is 0 Å². The highest BCUT2D eigenvalue weighted by molar-refractivity contribution is 6.39. The molecule has 102 valence electrons. The summed E-state index contributed by atoms with van der Waals surface area (Å²) in [5.74, 6) is 0. The van der Waals surface area contributed by atoms with Gasteiger partial charge in [0, 0.05) is 31.0 Å². The Hall–Kier alpha value is -1.03. The standard InChI is InChI=1S/C14H17Cl2N3/c1-8-12(7-17-2)18-11-6-9(15)5-10(16)13(11)14(8)19(3)4/h5-6,17H,7H2,1-4H3. The van der Waals surface area contributed by atoms with Crippen LogP contribution in [0.2, 0.25) is 10.0 Å². The Morgan fingerprint density at radius 2 is 1.95 bits per heavy atom. The molecule has 0 atom stereocenters. The van der Waals surface area contributed by atoms with Crippen molar-refractivity contribution >= 4 is 39.8 Å². The van der Waals surface area contributed by atoms with Crippen molar-refractivity contribution < 1.29 is 0 Å². The first-order chi connectivity index (χ1) is 8.95. The molecule has 2 aromatic rings. The summed E-state index contributed by atoms with van der Waals surface area (Å²) in [6.07, 6.45) is 0. The summed E-state index contributed by atoms with van der Waals surface area (Å²) in [7, 11) is 5.93. The molecule has 0 aliphatic rings. The first-order valence-corrected chi connectivity index (χ1v) is 6.81. The van der Waals surface area contributed by atoms with Gasteiger partial charge >= 0.3 is 0 Å². The lowest BCUT2D eigenvalue weighted by molar-refractivity contribution is 0.788. The molecule has 1 aromatic carbocycles. The minimum atomic E-state index is 0.606. The number of pyridine rings is 1. The summed E-state index contributed by atoms with van der Waals surface area (Å²) in [4.78, 5) is 6.74. The zero-order valence-corrected chi connectivity index (χ0v) is 13.0. The van der Waals surface area contributed by atoms with Crippen molar-refractivity contribution in [1.29, 1.82) is 0 Å². The van der Waals surface area contributed by atoms with Crippen LogP contribution in [-0.4, -0.2) is 26.1 Å². The maximum atomic E-state index is 6.35. The molecular formula is C14H17Cl2N3. The van der Waals surface area contributed by atoms with E-state index in [4.69, 9.17) is 23.2 Å². The molecular weight excluding hydrogens is 281 g/mol. The number of fused-ring (bicyclic) bond motifs is 1. The van der Waals surface area contributed by atoms with Gasteiger partial charge in [0.1, 0.15) is 0 Å². The molecule has 1 aromatic heterocycles. The predicted molar refractivity (Wildman–Crippen MR) is 83.6 cm³/mol. The van der Waals surface area contributed by atoms with Gasteiger partial charge in [0.25, 0.3) is 0 Å². The summed E-state index contributed by atoms with van der Waals surface area (Å²) in [5.41, 5.74) is 4.07. The fourth-order valence-electron chi connectivity index (χ4n) is 2.33. The number of halogens is 2. The zero-order chi connectivity index (χ0) is 14.2. The zero-order valence-electron chi connectivity index (χ0n) is 11.5. The van der Waals surface area contributed by atoms with Crippen molar-refractivity contribution in [3.05, 3.63) is 33.4 Å². The third kappa shape index (κ3) is 2.64. The SMILES string of the molecule is CNCc1nc2cc(Cl)cc(Cl)c2c(N(C)C)c1C. The van der Waals surface area contributed by atoms with Crippen LogP contribution in [0.25, 0.3) is 10.9 Å². The normalized spacial score (nSPS) is 11.1. The molecule has 0 radical (unpaired) electrons. The summed E-state index contributed by atoms with van der Waals surface area (Å²) in [6, 6.07) is 3.62. The van der Waals surface area contributed by atoms with E-state index in [-0.39, 0.29) is 0 Å². The molecule has 19 heavy (non-hydrogen) atoms. The van der Waals surface area contributed by atoms with Gasteiger partial charge in [-0.2, -0.15) is 0 Å². The molecule has 3 nitrogen and oxygen atoms in total. The average molecular weight is 298 g/mol. The number of anilines is 1. The van der Waals surface area contributed by atoms with E-state index < -0.39 is 0 Å². The summed E-state index contributed by atoms with van der Waals surface area (Å²) in [6.45, 7) is 2.78. The van der Waals surface area contributed by atoms with Crippen LogP contribution in [-0.2, 0) is 6.54 Å². The minimum absolute atomic E-state index is 0.606. The van der Waals surface area contributed by atoms with Crippen molar-refractivity contribution in [1.82, 2.24) is 10.3 Å². The fourth-order valence-corrected chi connectivity index (χ4v) is 2.91. The Morgan fingerprint density at radius 3 is 2.53 bits per heavy atom. The molecule has 0 saturated carbocycles. The van der Waals surface area contributed by atoms with Crippen LogP contribution in [0, 0.1) is 6.92 Å². The Morgan fingerprint density at radius 1 is 1.26 bits per heavy atom. The molecule has 1 N–H and O–H groups in total. The Labute approximate surface area is 123 Å². The first kappa shape index (κ1) is 14.4. The van der Waals surface area contributed by atoms with Crippen LogP contribution in [0.15, 0.2) is 12.1 Å². The Kier molecular flexibility index (Phi) is 4.19. The predicted octanol–water partition coefficient (Wildman–Crippen LogP) is 3.64. The molecule has 0 unspecified atom stereocenters. The van der Waals surface area contributed by atoms with Gasteiger partial charge in [-0.25, -0.2) is 0 Å². The molecule has 0 spiro atoms. The summed E-state index contributed by atoms with van der Waals surface area (Å²) < 4.78 is 0. The van der Waals surface area contributed by atoms with Crippen molar-refractivity contribution in [2.75, 3.05) is 26.0 Å². The number of aromatic nitrogens is 1. The molecule has 0 bridgehead atoms. The van der Waals surface area contributed by atoms with Crippen LogP contribution in [0.5, 0.6) is 0 Å². The number of hydrogen-bond acceptors (Lipinski definition) is 3. The number of nitrogens with one attached hydrogen (secondary N) is 1. The summed E-state index contributed by atoms with van der Waals surface area (Å²) in [5, 5.41) is 5.33. The molecule has 0 aliphatic heterocycles. The maximum Gasteiger partial charge on any atom is 0.0756 e. The Bertz CT molecular complexity index is 624. The van der Waals surface area contributed by atoms with E-state index in [1.54, 1.807) is 6.07 Å². The van der Waals surface area contributed by atoms with Crippen molar-refractivity contribution in [3.8, 4) is 0 Å². The van der Waals surface area contributed by atoms with Gasteiger partial charge in [0.15, 0.2) is 0 Å². The van der Waals surface area contributed by atoms with Crippen molar-refractivity contribution in [2.45, 2.75) is 13.5 Å². The lowest BCUT2D eigenvalue weighted by Gasteiger charge is -2.21. The smallest absolute Gasteiger partial charge is 0.0756 e. The molecule has 2 rings (SSSR count). The van der Waals surface area contributed by atoms with Gasteiger partial charge in [-0.3, -0.25) is 4.98 Å². The molecule has 0 amide bonds. The monoisotopic (exact) mass is 297 g/mol. The van der Waals surface area contributed by atoms with Crippen LogP contribution in [0.1, 0.15) is 11.3 Å². The molecule has 5 heteroatoms. The van der Waals surface area contributed by atoms with Gasteiger partial charge < -0.3 is 10.2 Å². The van der Waals surface area contributed by atoms with Gasteiger partial charge in [0.2, 0.25) is 0 Å². The molecule has 0 saturated heterocycles. The highest BCUT2D eigenvalue weighted by Gasteiger charge is 2.16. The third-order valence-corrected chi connectivity index (χ3v) is 3.62. The van der Waals surface area contributed by atoms with Gasteiger partial charge in [-0.05, 0) is 31.7 Å². The topological polar surface area (TPSA) is 28.2 Å². The largest absolute Gasteiger partial charge is 0.377 e. The van der Waals surface area contributed by atoms with E-state index in [0.29, 0.717) is 16.6 Å². The maximum absolute atomic E-state index is 6.35. The average Bonchev–Trinajstić information content (AvgIpc) is 2.30. The van der Waals surface area contributed by atoms with E-state index in [2.05, 4.69) is 22.1 Å².